The van der Waals surface area contributed by atoms with Gasteiger partial charge in [0.05, 0.1) is 31.8 Å². The second kappa shape index (κ2) is 8.05. The van der Waals surface area contributed by atoms with Gasteiger partial charge in [0, 0.05) is 6.54 Å². The zero-order valence-electron chi connectivity index (χ0n) is 12.4. The maximum atomic E-state index is 12.1. The number of nitrogens with zero attached hydrogens (tertiary/aromatic N) is 1. The average Bonchev–Trinajstić information content (AvgIpc) is 2.54. The molecular weight excluding hydrogens is 306 g/mol. The molecule has 0 saturated carbocycles. The minimum Gasteiger partial charge on any atom is -0.497 e. The third-order valence-electron chi connectivity index (χ3n) is 3.34. The van der Waals surface area contributed by atoms with Gasteiger partial charge < -0.3 is 19.5 Å². The zero-order valence-corrected chi connectivity index (χ0v) is 13.2. The van der Waals surface area contributed by atoms with Gasteiger partial charge in [-0.15, -0.1) is 11.8 Å². The molecule has 1 N–H and O–H groups in total. The van der Waals surface area contributed by atoms with Gasteiger partial charge in [0.2, 0.25) is 5.91 Å². The van der Waals surface area contributed by atoms with E-state index in [1.54, 1.807) is 12.0 Å². The number of amides is 1. The topological polar surface area (TPSA) is 76.1 Å². The molecule has 1 heterocycles. The van der Waals surface area contributed by atoms with E-state index in [4.69, 9.17) is 14.6 Å². The van der Waals surface area contributed by atoms with Crippen LogP contribution in [0.2, 0.25) is 0 Å². The molecule has 0 radical (unpaired) electrons. The Morgan fingerprint density at radius 1 is 1.45 bits per heavy atom. The summed E-state index contributed by atoms with van der Waals surface area (Å²) in [5.41, 5.74) is 0.968. The Hall–Kier alpha value is -1.73. The third kappa shape index (κ3) is 4.64. The van der Waals surface area contributed by atoms with E-state index in [2.05, 4.69) is 0 Å². The van der Waals surface area contributed by atoms with E-state index in [1.807, 2.05) is 24.3 Å². The van der Waals surface area contributed by atoms with Gasteiger partial charge >= 0.3 is 5.97 Å². The first-order valence-corrected chi connectivity index (χ1v) is 8.08. The Labute approximate surface area is 133 Å². The molecule has 1 aliphatic rings. The molecule has 120 valence electrons. The Balaban J connectivity index is 1.93. The first-order chi connectivity index (χ1) is 10.6. The minimum atomic E-state index is -0.908. The van der Waals surface area contributed by atoms with Crippen LogP contribution in [-0.2, 0) is 14.3 Å². The molecule has 2 rings (SSSR count). The van der Waals surface area contributed by atoms with Crippen molar-refractivity contribution in [1.29, 1.82) is 0 Å². The Kier molecular flexibility index (Phi) is 6.09. The highest BCUT2D eigenvalue weighted by molar-refractivity contribution is 8.00. The van der Waals surface area contributed by atoms with Crippen molar-refractivity contribution in [3.63, 3.8) is 0 Å². The van der Waals surface area contributed by atoms with Crippen LogP contribution in [0.5, 0.6) is 5.75 Å². The number of carbonyl (C=O) groups is 2. The number of thioether (sulfide) groups is 1. The Morgan fingerprint density at radius 3 is 3.00 bits per heavy atom. The Bertz CT molecular complexity index is 536. The van der Waals surface area contributed by atoms with Crippen LogP contribution < -0.4 is 4.74 Å². The van der Waals surface area contributed by atoms with Crippen LogP contribution in [0, 0.1) is 0 Å². The fourth-order valence-electron chi connectivity index (χ4n) is 2.24. The molecule has 22 heavy (non-hydrogen) atoms. The summed E-state index contributed by atoms with van der Waals surface area (Å²) in [6.07, 6.45) is -0.183. The number of ether oxygens (including phenoxy) is 2. The van der Waals surface area contributed by atoms with Crippen molar-refractivity contribution < 1.29 is 24.2 Å². The van der Waals surface area contributed by atoms with Crippen molar-refractivity contribution in [2.45, 2.75) is 6.10 Å². The molecule has 1 atom stereocenters. The SMILES string of the molecule is COc1cccc(C2CN(C(=O)CSCC(=O)O)CCO2)c1. The number of carbonyl (C=O) groups excluding carboxylic acids is 1. The van der Waals surface area contributed by atoms with Crippen molar-refractivity contribution in [2.75, 3.05) is 38.3 Å². The van der Waals surface area contributed by atoms with Gasteiger partial charge in [-0.05, 0) is 17.7 Å². The van der Waals surface area contributed by atoms with Crippen molar-refractivity contribution >= 4 is 23.6 Å². The molecule has 7 heteroatoms. The lowest BCUT2D eigenvalue weighted by atomic mass is 10.1. The lowest BCUT2D eigenvalue weighted by Crippen LogP contribution is -2.43. The number of hydrogen-bond donors (Lipinski definition) is 1. The van der Waals surface area contributed by atoms with Gasteiger partial charge in [-0.3, -0.25) is 9.59 Å². The standard InChI is InChI=1S/C15H19NO5S/c1-20-12-4-2-3-11(7-12)13-8-16(5-6-21-13)14(17)9-22-10-15(18)19/h2-4,7,13H,5-6,8-10H2,1H3,(H,18,19). The summed E-state index contributed by atoms with van der Waals surface area (Å²) >= 11 is 1.11. The number of carboxylic acids is 1. The maximum absolute atomic E-state index is 12.1. The molecular formula is C15H19NO5S. The van der Waals surface area contributed by atoms with Crippen molar-refractivity contribution in [3.05, 3.63) is 29.8 Å². The number of methoxy groups -OCH3 is 1. The van der Waals surface area contributed by atoms with Crippen molar-refractivity contribution in [3.8, 4) is 5.75 Å². The molecule has 0 spiro atoms. The molecule has 0 bridgehead atoms. The molecule has 0 aliphatic carbocycles. The summed E-state index contributed by atoms with van der Waals surface area (Å²) in [7, 11) is 1.61. The lowest BCUT2D eigenvalue weighted by Gasteiger charge is -2.33. The number of morpholine rings is 1. The summed E-state index contributed by atoms with van der Waals surface area (Å²) in [5.74, 6) is -0.0926. The second-order valence-corrected chi connectivity index (χ2v) is 5.85. The first kappa shape index (κ1) is 16.6. The van der Waals surface area contributed by atoms with E-state index in [-0.39, 0.29) is 23.5 Å². The van der Waals surface area contributed by atoms with Crippen LogP contribution in [0.15, 0.2) is 24.3 Å². The molecule has 1 aromatic carbocycles. The monoisotopic (exact) mass is 325 g/mol. The summed E-state index contributed by atoms with van der Waals surface area (Å²) in [4.78, 5) is 24.3. The average molecular weight is 325 g/mol. The van der Waals surface area contributed by atoms with Gasteiger partial charge in [0.25, 0.3) is 0 Å². The highest BCUT2D eigenvalue weighted by Gasteiger charge is 2.25. The van der Waals surface area contributed by atoms with Gasteiger partial charge in [0.15, 0.2) is 0 Å². The largest absolute Gasteiger partial charge is 0.497 e. The molecule has 1 fully saturated rings. The molecule has 1 aromatic rings. The normalized spacial score (nSPS) is 18.0. The number of benzene rings is 1. The Morgan fingerprint density at radius 2 is 2.27 bits per heavy atom. The number of carboxylic acid groups (broad SMARTS) is 1. The summed E-state index contributed by atoms with van der Waals surface area (Å²) in [6.45, 7) is 1.48. The van der Waals surface area contributed by atoms with Crippen molar-refractivity contribution in [2.24, 2.45) is 0 Å². The molecule has 0 aromatic heterocycles. The molecule has 1 saturated heterocycles. The van der Waals surface area contributed by atoms with Crippen LogP contribution in [0.1, 0.15) is 11.7 Å². The zero-order chi connectivity index (χ0) is 15.9. The van der Waals surface area contributed by atoms with Crippen LogP contribution in [-0.4, -0.2) is 60.2 Å². The quantitative estimate of drug-likeness (QED) is 0.852. The summed E-state index contributed by atoms with van der Waals surface area (Å²) in [6, 6.07) is 7.59. The number of rotatable bonds is 6. The first-order valence-electron chi connectivity index (χ1n) is 6.93. The van der Waals surface area contributed by atoms with E-state index in [0.717, 1.165) is 23.1 Å². The lowest BCUT2D eigenvalue weighted by molar-refractivity contribution is -0.136. The number of aliphatic carboxylic acids is 1. The molecule has 1 aliphatic heterocycles. The van der Waals surface area contributed by atoms with Crippen molar-refractivity contribution in [1.82, 2.24) is 4.90 Å². The molecule has 6 nitrogen and oxygen atoms in total. The summed E-state index contributed by atoms with van der Waals surface area (Å²) < 4.78 is 10.9. The fourth-order valence-corrected chi connectivity index (χ4v) is 2.87. The van der Waals surface area contributed by atoms with Gasteiger partial charge in [-0.1, -0.05) is 12.1 Å². The second-order valence-electron chi connectivity index (χ2n) is 4.86. The van der Waals surface area contributed by atoms with E-state index in [0.29, 0.717) is 19.7 Å². The van der Waals surface area contributed by atoms with Gasteiger partial charge in [-0.2, -0.15) is 0 Å². The predicted octanol–water partition coefficient (Wildman–Crippen LogP) is 1.41. The van der Waals surface area contributed by atoms with Gasteiger partial charge in [0.1, 0.15) is 11.9 Å². The summed E-state index contributed by atoms with van der Waals surface area (Å²) in [5, 5.41) is 8.60. The highest BCUT2D eigenvalue weighted by Crippen LogP contribution is 2.25. The van der Waals surface area contributed by atoms with Crippen LogP contribution in [0.25, 0.3) is 0 Å². The fraction of sp³-hybridized carbons (Fsp3) is 0.467. The molecule has 1 amide bonds. The van der Waals surface area contributed by atoms with E-state index in [1.165, 1.54) is 0 Å². The number of hydrogen-bond acceptors (Lipinski definition) is 5. The molecule has 1 unspecified atom stereocenters. The van der Waals surface area contributed by atoms with E-state index >= 15 is 0 Å². The van der Waals surface area contributed by atoms with Crippen LogP contribution >= 0.6 is 11.8 Å². The minimum absolute atomic E-state index is 0.0533. The van der Waals surface area contributed by atoms with Crippen LogP contribution in [0.3, 0.4) is 0 Å². The van der Waals surface area contributed by atoms with Gasteiger partial charge in [-0.25, -0.2) is 0 Å². The van der Waals surface area contributed by atoms with Crippen LogP contribution in [0.4, 0.5) is 0 Å². The van der Waals surface area contributed by atoms with E-state index < -0.39 is 5.97 Å². The predicted molar refractivity (Wildman–Crippen MR) is 83.2 cm³/mol. The smallest absolute Gasteiger partial charge is 0.313 e. The maximum Gasteiger partial charge on any atom is 0.313 e. The van der Waals surface area contributed by atoms with E-state index in [9.17, 15) is 9.59 Å². The highest BCUT2D eigenvalue weighted by atomic mass is 32.2. The third-order valence-corrected chi connectivity index (χ3v) is 4.24.